The Hall–Kier alpha value is -3.84. The van der Waals surface area contributed by atoms with Crippen LogP contribution in [0.15, 0.2) is 60.7 Å². The van der Waals surface area contributed by atoms with Crippen molar-refractivity contribution in [1.29, 1.82) is 0 Å². The highest BCUT2D eigenvalue weighted by Gasteiger charge is 2.23. The van der Waals surface area contributed by atoms with Crippen LogP contribution in [0.2, 0.25) is 0 Å². The molecular formula is C32H39N3O4. The number of carbonyl (C=O) groups excluding carboxylic acids is 2. The minimum absolute atomic E-state index is 0.0875. The molecule has 0 saturated heterocycles. The van der Waals surface area contributed by atoms with Gasteiger partial charge >= 0.3 is 0 Å². The van der Waals surface area contributed by atoms with Crippen LogP contribution in [0.25, 0.3) is 0 Å². The number of ether oxygens (including phenoxy) is 2. The molecule has 0 fully saturated rings. The van der Waals surface area contributed by atoms with Gasteiger partial charge in [-0.2, -0.15) is 0 Å². The second-order valence-corrected chi connectivity index (χ2v) is 9.83. The summed E-state index contributed by atoms with van der Waals surface area (Å²) in [5.74, 6) is 1.18. The molecule has 0 atom stereocenters. The number of rotatable bonds is 11. The highest BCUT2D eigenvalue weighted by Crippen LogP contribution is 2.33. The number of para-hydroxylation sites is 1. The van der Waals surface area contributed by atoms with Crippen LogP contribution in [0.5, 0.6) is 11.5 Å². The van der Waals surface area contributed by atoms with Gasteiger partial charge in [0.25, 0.3) is 11.8 Å². The number of hydrogen-bond acceptors (Lipinski definition) is 5. The maximum Gasteiger partial charge on any atom is 0.255 e. The van der Waals surface area contributed by atoms with Crippen molar-refractivity contribution in [3.05, 3.63) is 88.5 Å². The quantitative estimate of drug-likeness (QED) is 0.359. The van der Waals surface area contributed by atoms with Crippen LogP contribution in [0.3, 0.4) is 0 Å². The van der Waals surface area contributed by atoms with Gasteiger partial charge in [-0.1, -0.05) is 37.6 Å². The summed E-state index contributed by atoms with van der Waals surface area (Å²) in [6.07, 6.45) is 2.97. The van der Waals surface area contributed by atoms with E-state index in [0.717, 1.165) is 50.4 Å². The summed E-state index contributed by atoms with van der Waals surface area (Å²) >= 11 is 0. The summed E-state index contributed by atoms with van der Waals surface area (Å²) in [4.78, 5) is 30.7. The van der Waals surface area contributed by atoms with Gasteiger partial charge in [0.2, 0.25) is 0 Å². The number of benzene rings is 3. The summed E-state index contributed by atoms with van der Waals surface area (Å²) in [6.45, 7) is 7.76. The zero-order valence-electron chi connectivity index (χ0n) is 23.5. The van der Waals surface area contributed by atoms with Gasteiger partial charge in [0.1, 0.15) is 0 Å². The number of fused-ring (bicyclic) bond motifs is 1. The SMILES string of the molecule is CCCc1ccc(C(=O)Nc2ccccc2C(=O)N(CC)CCN2CCc3cc(OC)c(OC)cc3C2)cc1. The van der Waals surface area contributed by atoms with Gasteiger partial charge in [-0.15, -0.1) is 0 Å². The Labute approximate surface area is 231 Å². The number of anilines is 1. The highest BCUT2D eigenvalue weighted by atomic mass is 16.5. The molecule has 3 aromatic carbocycles. The Morgan fingerprint density at radius 1 is 0.949 bits per heavy atom. The number of nitrogens with one attached hydrogen (secondary N) is 1. The van der Waals surface area contributed by atoms with Gasteiger partial charge in [0.05, 0.1) is 25.5 Å². The van der Waals surface area contributed by atoms with Crippen LogP contribution in [-0.4, -0.2) is 62.0 Å². The third-order valence-electron chi connectivity index (χ3n) is 7.31. The van der Waals surface area contributed by atoms with Crippen LogP contribution in [0.1, 0.15) is 57.7 Å². The van der Waals surface area contributed by atoms with Gasteiger partial charge in [-0.05, 0) is 72.9 Å². The number of amides is 2. The molecule has 2 amide bonds. The highest BCUT2D eigenvalue weighted by molar-refractivity contribution is 6.09. The minimum atomic E-state index is -0.222. The zero-order chi connectivity index (χ0) is 27.8. The summed E-state index contributed by atoms with van der Waals surface area (Å²) in [5.41, 5.74) is 5.30. The fraction of sp³-hybridized carbons (Fsp3) is 0.375. The van der Waals surface area contributed by atoms with E-state index in [1.165, 1.54) is 16.7 Å². The van der Waals surface area contributed by atoms with Crippen LogP contribution in [0, 0.1) is 0 Å². The second-order valence-electron chi connectivity index (χ2n) is 9.83. The molecule has 39 heavy (non-hydrogen) atoms. The number of hydrogen-bond donors (Lipinski definition) is 1. The molecule has 7 nitrogen and oxygen atoms in total. The van der Waals surface area contributed by atoms with E-state index < -0.39 is 0 Å². The molecule has 4 rings (SSSR count). The Bertz CT molecular complexity index is 1290. The van der Waals surface area contributed by atoms with Crippen molar-refractivity contribution in [3.63, 3.8) is 0 Å². The van der Waals surface area contributed by atoms with Gasteiger partial charge in [-0.3, -0.25) is 14.5 Å². The molecule has 0 saturated carbocycles. The molecular weight excluding hydrogens is 490 g/mol. The Morgan fingerprint density at radius 3 is 2.31 bits per heavy atom. The lowest BCUT2D eigenvalue weighted by atomic mass is 9.99. The van der Waals surface area contributed by atoms with Crippen molar-refractivity contribution in [2.75, 3.05) is 45.7 Å². The van der Waals surface area contributed by atoms with E-state index in [1.54, 1.807) is 26.4 Å². The molecule has 7 heteroatoms. The summed E-state index contributed by atoms with van der Waals surface area (Å²) in [5, 5.41) is 2.96. The molecule has 3 aromatic rings. The lowest BCUT2D eigenvalue weighted by molar-refractivity contribution is 0.0742. The molecule has 0 bridgehead atoms. The first-order chi connectivity index (χ1) is 19.0. The first-order valence-corrected chi connectivity index (χ1v) is 13.7. The van der Waals surface area contributed by atoms with E-state index in [9.17, 15) is 9.59 Å². The maximum absolute atomic E-state index is 13.6. The van der Waals surface area contributed by atoms with E-state index in [-0.39, 0.29) is 11.8 Å². The van der Waals surface area contributed by atoms with E-state index in [2.05, 4.69) is 29.3 Å². The Morgan fingerprint density at radius 2 is 1.64 bits per heavy atom. The molecule has 0 spiro atoms. The molecule has 0 radical (unpaired) electrons. The first kappa shape index (κ1) is 28.2. The van der Waals surface area contributed by atoms with Crippen LogP contribution in [-0.2, 0) is 19.4 Å². The zero-order valence-corrected chi connectivity index (χ0v) is 23.5. The second kappa shape index (κ2) is 13.3. The smallest absolute Gasteiger partial charge is 0.255 e. The minimum Gasteiger partial charge on any atom is -0.493 e. The standard InChI is InChI=1S/C32H39N3O4/c1-5-9-23-12-14-24(15-13-23)31(36)33-28-11-8-7-10-27(28)32(37)35(6-2)19-18-34-17-16-25-20-29(38-3)30(39-4)21-26(25)22-34/h7-8,10-15,20-21H,5-6,9,16-19,22H2,1-4H3,(H,33,36). The average Bonchev–Trinajstić information content (AvgIpc) is 2.97. The van der Waals surface area contributed by atoms with Crippen LogP contribution >= 0.6 is 0 Å². The molecule has 206 valence electrons. The predicted octanol–water partition coefficient (Wildman–Crippen LogP) is 5.43. The van der Waals surface area contributed by atoms with Gasteiger partial charge in [-0.25, -0.2) is 0 Å². The topological polar surface area (TPSA) is 71.1 Å². The van der Waals surface area contributed by atoms with Crippen molar-refractivity contribution in [1.82, 2.24) is 9.80 Å². The van der Waals surface area contributed by atoms with Crippen molar-refractivity contribution < 1.29 is 19.1 Å². The summed E-state index contributed by atoms with van der Waals surface area (Å²) in [7, 11) is 3.31. The molecule has 1 N–H and O–H groups in total. The lowest BCUT2D eigenvalue weighted by Gasteiger charge is -2.31. The van der Waals surface area contributed by atoms with Crippen molar-refractivity contribution in [2.45, 2.75) is 39.7 Å². The first-order valence-electron chi connectivity index (χ1n) is 13.7. The molecule has 0 aromatic heterocycles. The van der Waals surface area contributed by atoms with E-state index in [4.69, 9.17) is 9.47 Å². The third-order valence-corrected chi connectivity index (χ3v) is 7.31. The van der Waals surface area contributed by atoms with Crippen molar-refractivity contribution in [2.24, 2.45) is 0 Å². The van der Waals surface area contributed by atoms with Gasteiger partial charge in [0, 0.05) is 38.3 Å². The molecule has 1 aliphatic rings. The maximum atomic E-state index is 13.6. The fourth-order valence-electron chi connectivity index (χ4n) is 5.05. The van der Waals surface area contributed by atoms with Crippen LogP contribution < -0.4 is 14.8 Å². The summed E-state index contributed by atoms with van der Waals surface area (Å²) in [6, 6.07) is 19.0. The van der Waals surface area contributed by atoms with Crippen molar-refractivity contribution in [3.8, 4) is 11.5 Å². The Balaban J connectivity index is 1.41. The number of methoxy groups -OCH3 is 2. The number of nitrogens with zero attached hydrogens (tertiary/aromatic N) is 2. The van der Waals surface area contributed by atoms with Gasteiger partial charge < -0.3 is 19.7 Å². The molecule has 0 aliphatic carbocycles. The van der Waals surface area contributed by atoms with E-state index in [1.807, 2.05) is 48.2 Å². The van der Waals surface area contributed by atoms with E-state index in [0.29, 0.717) is 29.9 Å². The van der Waals surface area contributed by atoms with Gasteiger partial charge in [0.15, 0.2) is 11.5 Å². The summed E-state index contributed by atoms with van der Waals surface area (Å²) < 4.78 is 10.9. The fourth-order valence-corrected chi connectivity index (χ4v) is 5.05. The monoisotopic (exact) mass is 529 g/mol. The largest absolute Gasteiger partial charge is 0.493 e. The number of likely N-dealkylation sites (N-methyl/N-ethyl adjacent to an activating group) is 1. The molecule has 1 aliphatic heterocycles. The van der Waals surface area contributed by atoms with Crippen LogP contribution in [0.4, 0.5) is 5.69 Å². The molecule has 1 heterocycles. The normalized spacial score (nSPS) is 12.9. The lowest BCUT2D eigenvalue weighted by Crippen LogP contribution is -2.40. The predicted molar refractivity (Wildman–Crippen MR) is 155 cm³/mol. The number of carbonyl (C=O) groups is 2. The molecule has 0 unspecified atom stereocenters. The Kier molecular flexibility index (Phi) is 9.60. The van der Waals surface area contributed by atoms with Crippen molar-refractivity contribution >= 4 is 17.5 Å². The average molecular weight is 530 g/mol. The number of aryl methyl sites for hydroxylation is 1. The van der Waals surface area contributed by atoms with E-state index >= 15 is 0 Å². The third kappa shape index (κ3) is 6.79.